The Kier molecular flexibility index (Phi) is 4.01. The molecule has 0 saturated heterocycles. The quantitative estimate of drug-likeness (QED) is 0.601. The lowest BCUT2D eigenvalue weighted by molar-refractivity contribution is -0.384. The number of aryl methyl sites for hydroxylation is 1. The van der Waals surface area contributed by atoms with Gasteiger partial charge in [-0.2, -0.15) is 0 Å². The fourth-order valence-electron chi connectivity index (χ4n) is 1.38. The Hall–Kier alpha value is -1.42. The van der Waals surface area contributed by atoms with Crippen LogP contribution in [0.25, 0.3) is 0 Å². The van der Waals surface area contributed by atoms with E-state index in [0.29, 0.717) is 6.42 Å². The Morgan fingerprint density at radius 1 is 1.50 bits per heavy atom. The van der Waals surface area contributed by atoms with E-state index in [1.807, 2.05) is 0 Å². The van der Waals surface area contributed by atoms with Gasteiger partial charge in [0.05, 0.1) is 4.92 Å². The number of rotatable bonds is 4. The van der Waals surface area contributed by atoms with Gasteiger partial charge < -0.3 is 0 Å². The Balaban J connectivity index is 3.10. The van der Waals surface area contributed by atoms with E-state index in [9.17, 15) is 14.9 Å². The van der Waals surface area contributed by atoms with Crippen molar-refractivity contribution in [1.29, 1.82) is 0 Å². The maximum Gasteiger partial charge on any atom is 0.288 e. The van der Waals surface area contributed by atoms with Gasteiger partial charge in [0.15, 0.2) is 0 Å². The summed E-state index contributed by atoms with van der Waals surface area (Å²) in [6.07, 6.45) is 0.730. The molecule has 86 valence electrons. The molecule has 1 aromatic rings. The van der Waals surface area contributed by atoms with Gasteiger partial charge in [0.2, 0.25) is 0 Å². The minimum atomic E-state index is -0.527. The first-order chi connectivity index (χ1) is 7.45. The Bertz CT molecular complexity index is 443. The highest BCUT2D eigenvalue weighted by atomic mass is 35.5. The molecular weight excluding hydrogens is 230 g/mol. The van der Waals surface area contributed by atoms with Gasteiger partial charge in [-0.15, -0.1) is 0 Å². The van der Waals surface area contributed by atoms with E-state index < -0.39 is 4.92 Å². The van der Waals surface area contributed by atoms with Crippen molar-refractivity contribution >= 4 is 23.1 Å². The molecule has 0 heterocycles. The van der Waals surface area contributed by atoms with E-state index in [1.165, 1.54) is 12.1 Å². The standard InChI is InChI=1S/C11H12ClNO3/c1-3-9(14)5-8-6-10(12)11(13(15)16)4-7(8)2/h4,6H,3,5H2,1-2H3. The lowest BCUT2D eigenvalue weighted by Crippen LogP contribution is -2.03. The van der Waals surface area contributed by atoms with Crippen molar-refractivity contribution in [2.75, 3.05) is 0 Å². The van der Waals surface area contributed by atoms with Crippen molar-refractivity contribution < 1.29 is 9.72 Å². The molecule has 0 aliphatic carbocycles. The number of benzene rings is 1. The SMILES string of the molecule is CCC(=O)Cc1cc(Cl)c([N+](=O)[O-])cc1C. The van der Waals surface area contributed by atoms with Gasteiger partial charge in [-0.3, -0.25) is 14.9 Å². The molecule has 0 radical (unpaired) electrons. The van der Waals surface area contributed by atoms with E-state index in [0.717, 1.165) is 11.1 Å². The van der Waals surface area contributed by atoms with E-state index in [4.69, 9.17) is 11.6 Å². The van der Waals surface area contributed by atoms with E-state index in [-0.39, 0.29) is 22.9 Å². The van der Waals surface area contributed by atoms with Gasteiger partial charge in [-0.1, -0.05) is 18.5 Å². The average Bonchev–Trinajstić information content (AvgIpc) is 2.22. The van der Waals surface area contributed by atoms with Crippen molar-refractivity contribution in [1.82, 2.24) is 0 Å². The molecule has 0 aliphatic rings. The van der Waals surface area contributed by atoms with Crippen LogP contribution in [0.4, 0.5) is 5.69 Å². The third kappa shape index (κ3) is 2.79. The number of carbonyl (C=O) groups is 1. The summed E-state index contributed by atoms with van der Waals surface area (Å²) in [5.74, 6) is 0.0908. The van der Waals surface area contributed by atoms with Gasteiger partial charge in [0.25, 0.3) is 5.69 Å². The topological polar surface area (TPSA) is 60.2 Å². The van der Waals surface area contributed by atoms with Crippen molar-refractivity contribution in [3.63, 3.8) is 0 Å². The summed E-state index contributed by atoms with van der Waals surface area (Å²) in [7, 11) is 0. The van der Waals surface area contributed by atoms with E-state index >= 15 is 0 Å². The Labute approximate surface area is 98.4 Å². The normalized spacial score (nSPS) is 10.2. The molecule has 0 unspecified atom stereocenters. The molecule has 0 amide bonds. The third-order valence-electron chi connectivity index (χ3n) is 2.38. The number of ketones is 1. The summed E-state index contributed by atoms with van der Waals surface area (Å²) < 4.78 is 0. The molecule has 16 heavy (non-hydrogen) atoms. The maximum absolute atomic E-state index is 11.3. The molecule has 0 fully saturated rings. The molecule has 0 aliphatic heterocycles. The van der Waals surface area contributed by atoms with Crippen molar-refractivity contribution in [3.05, 3.63) is 38.4 Å². The lowest BCUT2D eigenvalue weighted by Gasteiger charge is -2.05. The molecular formula is C11H12ClNO3. The summed E-state index contributed by atoms with van der Waals surface area (Å²) in [6, 6.07) is 2.91. The van der Waals surface area contributed by atoms with Gasteiger partial charge >= 0.3 is 0 Å². The third-order valence-corrected chi connectivity index (χ3v) is 2.69. The number of nitro benzene ring substituents is 1. The number of hydrogen-bond donors (Lipinski definition) is 0. The zero-order chi connectivity index (χ0) is 12.3. The van der Waals surface area contributed by atoms with Crippen LogP contribution in [0.5, 0.6) is 0 Å². The molecule has 0 N–H and O–H groups in total. The fourth-order valence-corrected chi connectivity index (χ4v) is 1.63. The fraction of sp³-hybridized carbons (Fsp3) is 0.364. The van der Waals surface area contributed by atoms with Crippen molar-refractivity contribution in [2.45, 2.75) is 26.7 Å². The summed E-state index contributed by atoms with van der Waals surface area (Å²) in [4.78, 5) is 21.4. The minimum Gasteiger partial charge on any atom is -0.299 e. The highest BCUT2D eigenvalue weighted by molar-refractivity contribution is 6.32. The number of Topliss-reactive ketones (excluding diaryl/α,β-unsaturated/α-hetero) is 1. The molecule has 1 aromatic carbocycles. The summed E-state index contributed by atoms with van der Waals surface area (Å²) in [5, 5.41) is 10.7. The second-order valence-corrected chi connectivity index (χ2v) is 3.96. The van der Waals surface area contributed by atoms with Crippen molar-refractivity contribution in [2.24, 2.45) is 0 Å². The van der Waals surface area contributed by atoms with Crippen LogP contribution in [-0.4, -0.2) is 10.7 Å². The lowest BCUT2D eigenvalue weighted by atomic mass is 10.0. The highest BCUT2D eigenvalue weighted by Crippen LogP contribution is 2.28. The van der Waals surface area contributed by atoms with Gasteiger partial charge in [0, 0.05) is 18.9 Å². The number of hydrogen-bond acceptors (Lipinski definition) is 3. The molecule has 5 heteroatoms. The average molecular weight is 242 g/mol. The van der Waals surface area contributed by atoms with Crippen LogP contribution in [0.3, 0.4) is 0 Å². The number of carbonyl (C=O) groups excluding carboxylic acids is 1. The smallest absolute Gasteiger partial charge is 0.288 e. The Morgan fingerprint density at radius 3 is 2.62 bits per heavy atom. The molecule has 0 spiro atoms. The van der Waals surface area contributed by atoms with Gasteiger partial charge in [0.1, 0.15) is 10.8 Å². The van der Waals surface area contributed by atoms with Crippen LogP contribution in [0.15, 0.2) is 12.1 Å². The van der Waals surface area contributed by atoms with Crippen LogP contribution < -0.4 is 0 Å². The number of halogens is 1. The Morgan fingerprint density at radius 2 is 2.12 bits per heavy atom. The van der Waals surface area contributed by atoms with Crippen molar-refractivity contribution in [3.8, 4) is 0 Å². The van der Waals surface area contributed by atoms with E-state index in [1.54, 1.807) is 13.8 Å². The second-order valence-electron chi connectivity index (χ2n) is 3.56. The largest absolute Gasteiger partial charge is 0.299 e. The second kappa shape index (κ2) is 5.07. The first-order valence-electron chi connectivity index (χ1n) is 4.90. The van der Waals surface area contributed by atoms with Gasteiger partial charge in [-0.25, -0.2) is 0 Å². The van der Waals surface area contributed by atoms with Crippen LogP contribution in [0.1, 0.15) is 24.5 Å². The zero-order valence-corrected chi connectivity index (χ0v) is 9.87. The number of nitro groups is 1. The molecule has 0 bridgehead atoms. The van der Waals surface area contributed by atoms with Crippen LogP contribution in [0, 0.1) is 17.0 Å². The van der Waals surface area contributed by atoms with Crippen LogP contribution >= 0.6 is 11.6 Å². The van der Waals surface area contributed by atoms with Crippen LogP contribution in [0.2, 0.25) is 5.02 Å². The maximum atomic E-state index is 11.3. The minimum absolute atomic E-state index is 0.0782. The molecule has 0 atom stereocenters. The molecule has 0 aromatic heterocycles. The molecule has 4 nitrogen and oxygen atoms in total. The zero-order valence-electron chi connectivity index (χ0n) is 9.12. The highest BCUT2D eigenvalue weighted by Gasteiger charge is 2.15. The summed E-state index contributed by atoms with van der Waals surface area (Å²) in [6.45, 7) is 3.52. The summed E-state index contributed by atoms with van der Waals surface area (Å²) >= 11 is 5.77. The predicted octanol–water partition coefficient (Wildman–Crippen LogP) is 3.08. The monoisotopic (exact) mass is 241 g/mol. The predicted molar refractivity (Wildman–Crippen MR) is 61.8 cm³/mol. The molecule has 1 rings (SSSR count). The van der Waals surface area contributed by atoms with Gasteiger partial charge in [-0.05, 0) is 24.1 Å². The molecule has 0 saturated carbocycles. The van der Waals surface area contributed by atoms with Crippen LogP contribution in [-0.2, 0) is 11.2 Å². The van der Waals surface area contributed by atoms with E-state index in [2.05, 4.69) is 0 Å². The first kappa shape index (κ1) is 12.6. The summed E-state index contributed by atoms with van der Waals surface area (Å²) in [5.41, 5.74) is 1.35. The first-order valence-corrected chi connectivity index (χ1v) is 5.28. The number of nitrogens with zero attached hydrogens (tertiary/aromatic N) is 1.